The molecule has 0 radical (unpaired) electrons. The molecule has 0 aliphatic heterocycles. The van der Waals surface area contributed by atoms with Crippen LogP contribution in [0.4, 0.5) is 0 Å². The van der Waals surface area contributed by atoms with E-state index >= 15 is 0 Å². The van der Waals surface area contributed by atoms with Gasteiger partial charge in [-0.15, -0.1) is 0 Å². The number of aromatic nitrogens is 1. The highest BCUT2D eigenvalue weighted by atomic mass is 16.5. The molecule has 0 spiro atoms. The van der Waals surface area contributed by atoms with E-state index < -0.39 is 5.97 Å². The van der Waals surface area contributed by atoms with Gasteiger partial charge in [0.05, 0.1) is 18.1 Å². The lowest BCUT2D eigenvalue weighted by atomic mass is 10.0. The highest BCUT2D eigenvalue weighted by Crippen LogP contribution is 2.32. The van der Waals surface area contributed by atoms with Crippen LogP contribution in [-0.2, 0) is 6.61 Å². The molecule has 0 saturated carbocycles. The van der Waals surface area contributed by atoms with Crippen LogP contribution in [0, 0.1) is 0 Å². The van der Waals surface area contributed by atoms with Crippen molar-refractivity contribution in [1.29, 1.82) is 0 Å². The second-order valence-electron chi connectivity index (χ2n) is 7.53. The first-order chi connectivity index (χ1) is 16.2. The third-order valence-corrected chi connectivity index (χ3v) is 5.35. The Kier molecular flexibility index (Phi) is 5.60. The molecule has 5 aromatic rings. The van der Waals surface area contributed by atoms with Gasteiger partial charge in [0, 0.05) is 10.8 Å². The van der Waals surface area contributed by atoms with Crippen molar-refractivity contribution in [2.45, 2.75) is 6.61 Å². The molecule has 5 heteroatoms. The van der Waals surface area contributed by atoms with Crippen molar-refractivity contribution >= 4 is 27.8 Å². The lowest BCUT2D eigenvalue weighted by Gasteiger charge is -2.14. The molecule has 0 fully saturated rings. The van der Waals surface area contributed by atoms with Crippen LogP contribution in [0.25, 0.3) is 21.8 Å². The Hall–Kier alpha value is -4.38. The van der Waals surface area contributed by atoms with Gasteiger partial charge in [0.2, 0.25) is 0 Å². The van der Waals surface area contributed by atoms with Crippen LogP contribution in [-0.4, -0.2) is 18.1 Å². The summed E-state index contributed by atoms with van der Waals surface area (Å²) in [6, 6.07) is 30.0. The average Bonchev–Trinajstić information content (AvgIpc) is 2.86. The number of carbonyl (C=O) groups is 1. The Bertz CT molecular complexity index is 1430. The first kappa shape index (κ1) is 20.5. The summed E-state index contributed by atoms with van der Waals surface area (Å²) in [5.74, 6) is 1.12. The summed E-state index contributed by atoms with van der Waals surface area (Å²) in [5, 5.41) is 1.51. The highest BCUT2D eigenvalue weighted by molar-refractivity contribution is 6.09. The largest absolute Gasteiger partial charge is 0.497 e. The van der Waals surface area contributed by atoms with E-state index in [1.54, 1.807) is 25.3 Å². The van der Waals surface area contributed by atoms with E-state index in [0.29, 0.717) is 40.3 Å². The number of nitrogens with zero attached hydrogens (tertiary/aromatic N) is 1. The standard InChI is InChI=1S/C28H21NO4/c1-31-22-12-13-24-20(16-22)17-23-25(29-24)14-15-26(32-18-19-8-4-2-5-9-19)27(23)28(30)33-21-10-6-3-7-11-21/h2-17H,18H2,1H3. The first-order valence-electron chi connectivity index (χ1n) is 10.6. The molecule has 0 unspecified atom stereocenters. The second kappa shape index (κ2) is 9.01. The minimum absolute atomic E-state index is 0.326. The quantitative estimate of drug-likeness (QED) is 0.181. The summed E-state index contributed by atoms with van der Waals surface area (Å²) in [4.78, 5) is 18.1. The van der Waals surface area contributed by atoms with Crippen molar-refractivity contribution in [2.24, 2.45) is 0 Å². The van der Waals surface area contributed by atoms with Crippen LogP contribution in [0.2, 0.25) is 0 Å². The maximum atomic E-state index is 13.4. The number of hydrogen-bond acceptors (Lipinski definition) is 5. The summed E-state index contributed by atoms with van der Waals surface area (Å²) < 4.78 is 17.1. The van der Waals surface area contributed by atoms with Crippen molar-refractivity contribution in [3.63, 3.8) is 0 Å². The molecule has 5 nitrogen and oxygen atoms in total. The number of ether oxygens (including phenoxy) is 3. The topological polar surface area (TPSA) is 57.7 Å². The van der Waals surface area contributed by atoms with Gasteiger partial charge >= 0.3 is 5.97 Å². The smallest absolute Gasteiger partial charge is 0.348 e. The Morgan fingerprint density at radius 1 is 0.788 bits per heavy atom. The zero-order valence-electron chi connectivity index (χ0n) is 18.0. The molecule has 0 aliphatic rings. The van der Waals surface area contributed by atoms with E-state index in [1.807, 2.05) is 78.9 Å². The Labute approximate surface area is 191 Å². The zero-order valence-corrected chi connectivity index (χ0v) is 18.0. The average molecular weight is 435 g/mol. The minimum atomic E-state index is -0.501. The molecular weight excluding hydrogens is 414 g/mol. The number of para-hydroxylation sites is 1. The maximum Gasteiger partial charge on any atom is 0.348 e. The normalized spacial score (nSPS) is 10.8. The first-order valence-corrected chi connectivity index (χ1v) is 10.6. The van der Waals surface area contributed by atoms with Crippen molar-refractivity contribution in [2.75, 3.05) is 7.11 Å². The van der Waals surface area contributed by atoms with Crippen LogP contribution in [0.15, 0.2) is 97.1 Å². The highest BCUT2D eigenvalue weighted by Gasteiger charge is 2.21. The number of fused-ring (bicyclic) bond motifs is 2. The fourth-order valence-corrected chi connectivity index (χ4v) is 3.71. The molecule has 0 atom stereocenters. The zero-order chi connectivity index (χ0) is 22.6. The number of benzene rings is 4. The van der Waals surface area contributed by atoms with Gasteiger partial charge < -0.3 is 14.2 Å². The van der Waals surface area contributed by atoms with Gasteiger partial charge in [-0.2, -0.15) is 0 Å². The summed E-state index contributed by atoms with van der Waals surface area (Å²) in [6.07, 6.45) is 0. The molecule has 0 N–H and O–H groups in total. The Balaban J connectivity index is 1.62. The van der Waals surface area contributed by atoms with Gasteiger partial charge in [0.25, 0.3) is 0 Å². The number of esters is 1. The molecule has 0 amide bonds. The number of pyridine rings is 1. The van der Waals surface area contributed by atoms with Crippen molar-refractivity contribution < 1.29 is 19.0 Å². The van der Waals surface area contributed by atoms with Gasteiger partial charge in [0.15, 0.2) is 0 Å². The second-order valence-corrected chi connectivity index (χ2v) is 7.53. The van der Waals surface area contributed by atoms with Crippen LogP contribution in [0.3, 0.4) is 0 Å². The number of carbonyl (C=O) groups excluding carboxylic acids is 1. The summed E-state index contributed by atoms with van der Waals surface area (Å²) in [7, 11) is 1.62. The Morgan fingerprint density at radius 2 is 1.52 bits per heavy atom. The van der Waals surface area contributed by atoms with Crippen molar-refractivity contribution in [1.82, 2.24) is 4.98 Å². The van der Waals surface area contributed by atoms with E-state index in [1.165, 1.54) is 0 Å². The fraction of sp³-hybridized carbons (Fsp3) is 0.0714. The molecule has 5 rings (SSSR count). The summed E-state index contributed by atoms with van der Waals surface area (Å²) >= 11 is 0. The van der Waals surface area contributed by atoms with Crippen LogP contribution < -0.4 is 14.2 Å². The molecule has 0 saturated heterocycles. The predicted molar refractivity (Wildman–Crippen MR) is 128 cm³/mol. The summed E-state index contributed by atoms with van der Waals surface area (Å²) in [6.45, 7) is 0.326. The lowest BCUT2D eigenvalue weighted by Crippen LogP contribution is -2.12. The minimum Gasteiger partial charge on any atom is -0.497 e. The molecule has 0 bridgehead atoms. The molecule has 1 heterocycles. The van der Waals surface area contributed by atoms with Crippen LogP contribution in [0.1, 0.15) is 15.9 Å². The molecule has 4 aromatic carbocycles. The number of hydrogen-bond donors (Lipinski definition) is 0. The van der Waals surface area contributed by atoms with E-state index in [2.05, 4.69) is 0 Å². The van der Waals surface area contributed by atoms with Gasteiger partial charge in [0.1, 0.15) is 29.4 Å². The van der Waals surface area contributed by atoms with Crippen molar-refractivity contribution in [3.8, 4) is 17.2 Å². The van der Waals surface area contributed by atoms with Gasteiger partial charge in [-0.3, -0.25) is 0 Å². The van der Waals surface area contributed by atoms with E-state index in [0.717, 1.165) is 16.5 Å². The fourth-order valence-electron chi connectivity index (χ4n) is 3.71. The summed E-state index contributed by atoms with van der Waals surface area (Å²) in [5.41, 5.74) is 2.83. The molecular formula is C28H21NO4. The lowest BCUT2D eigenvalue weighted by molar-refractivity contribution is 0.0732. The monoisotopic (exact) mass is 435 g/mol. The predicted octanol–water partition coefficient (Wildman–Crippen LogP) is 6.19. The molecule has 33 heavy (non-hydrogen) atoms. The van der Waals surface area contributed by atoms with E-state index in [9.17, 15) is 4.79 Å². The third kappa shape index (κ3) is 4.34. The molecule has 0 aliphatic carbocycles. The van der Waals surface area contributed by atoms with Gasteiger partial charge in [-0.25, -0.2) is 9.78 Å². The molecule has 162 valence electrons. The van der Waals surface area contributed by atoms with Gasteiger partial charge in [-0.05, 0) is 54.1 Å². The maximum absolute atomic E-state index is 13.4. The van der Waals surface area contributed by atoms with Crippen LogP contribution >= 0.6 is 0 Å². The molecule has 1 aromatic heterocycles. The van der Waals surface area contributed by atoms with E-state index in [4.69, 9.17) is 19.2 Å². The van der Waals surface area contributed by atoms with Crippen molar-refractivity contribution in [3.05, 3.63) is 108 Å². The number of methoxy groups -OCH3 is 1. The number of rotatable bonds is 6. The van der Waals surface area contributed by atoms with Crippen LogP contribution in [0.5, 0.6) is 17.2 Å². The Morgan fingerprint density at radius 3 is 2.27 bits per heavy atom. The third-order valence-electron chi connectivity index (χ3n) is 5.35. The van der Waals surface area contributed by atoms with Gasteiger partial charge in [-0.1, -0.05) is 48.5 Å². The van der Waals surface area contributed by atoms with E-state index in [-0.39, 0.29) is 0 Å². The SMILES string of the molecule is COc1ccc2nc3ccc(OCc4ccccc4)c(C(=O)Oc4ccccc4)c3cc2c1.